The summed E-state index contributed by atoms with van der Waals surface area (Å²) in [4.78, 5) is 21.4. The highest BCUT2D eigenvalue weighted by atomic mass is 16.2. The van der Waals surface area contributed by atoms with Gasteiger partial charge in [-0.15, -0.1) is 5.10 Å². The van der Waals surface area contributed by atoms with Crippen LogP contribution in [0.25, 0.3) is 16.9 Å². The first-order valence-corrected chi connectivity index (χ1v) is 10.00. The summed E-state index contributed by atoms with van der Waals surface area (Å²) in [5.74, 6) is 0.307. The Morgan fingerprint density at radius 1 is 0.833 bits per heavy atom. The molecule has 2 aromatic carbocycles. The lowest BCUT2D eigenvalue weighted by Gasteiger charge is -2.36. The number of para-hydroxylation sites is 1. The van der Waals surface area contributed by atoms with Crippen molar-refractivity contribution in [2.75, 3.05) is 36.8 Å². The van der Waals surface area contributed by atoms with E-state index >= 15 is 0 Å². The van der Waals surface area contributed by atoms with Crippen LogP contribution in [0.3, 0.4) is 0 Å². The standard InChI is InChI=1S/C23H22N6O/c24-23-25-21-8-4-7-20(29(21)26-23)17-9-11-18(12-10-17)22(30)28-15-13-27(14-16-28)19-5-2-1-3-6-19/h1-12H,13-16H2,(H2,24,26). The molecule has 0 unspecified atom stereocenters. The molecule has 5 rings (SSSR count). The Labute approximate surface area is 174 Å². The minimum Gasteiger partial charge on any atom is -0.368 e. The molecule has 0 radical (unpaired) electrons. The fraction of sp³-hybridized carbons (Fsp3) is 0.174. The first kappa shape index (κ1) is 18.2. The highest BCUT2D eigenvalue weighted by molar-refractivity contribution is 5.94. The van der Waals surface area contributed by atoms with Gasteiger partial charge in [-0.05, 0) is 36.4 Å². The summed E-state index contributed by atoms with van der Waals surface area (Å²) in [7, 11) is 0. The summed E-state index contributed by atoms with van der Waals surface area (Å²) in [6.07, 6.45) is 0. The molecule has 1 fully saturated rings. The maximum Gasteiger partial charge on any atom is 0.253 e. The Balaban J connectivity index is 1.30. The van der Waals surface area contributed by atoms with Crippen LogP contribution < -0.4 is 10.6 Å². The van der Waals surface area contributed by atoms with Crippen molar-refractivity contribution in [1.29, 1.82) is 0 Å². The number of hydrogen-bond acceptors (Lipinski definition) is 5. The number of rotatable bonds is 3. The monoisotopic (exact) mass is 398 g/mol. The lowest BCUT2D eigenvalue weighted by atomic mass is 10.1. The van der Waals surface area contributed by atoms with Crippen LogP contribution in [0.15, 0.2) is 72.8 Å². The van der Waals surface area contributed by atoms with Crippen LogP contribution in [-0.2, 0) is 0 Å². The van der Waals surface area contributed by atoms with Gasteiger partial charge in [0.1, 0.15) is 0 Å². The Bertz CT molecular complexity index is 1180. The molecule has 0 saturated carbocycles. The van der Waals surface area contributed by atoms with E-state index < -0.39 is 0 Å². The third-order valence-electron chi connectivity index (χ3n) is 5.49. The fourth-order valence-corrected chi connectivity index (χ4v) is 3.91. The summed E-state index contributed by atoms with van der Waals surface area (Å²) in [5, 5.41) is 4.26. The van der Waals surface area contributed by atoms with Crippen molar-refractivity contribution in [2.24, 2.45) is 0 Å². The van der Waals surface area contributed by atoms with Crippen molar-refractivity contribution in [3.05, 3.63) is 78.4 Å². The van der Waals surface area contributed by atoms with Gasteiger partial charge in [0.2, 0.25) is 5.95 Å². The smallest absolute Gasteiger partial charge is 0.253 e. The van der Waals surface area contributed by atoms with Gasteiger partial charge in [0.05, 0.1) is 5.69 Å². The second-order valence-corrected chi connectivity index (χ2v) is 7.34. The van der Waals surface area contributed by atoms with Crippen LogP contribution in [0.1, 0.15) is 10.4 Å². The van der Waals surface area contributed by atoms with Gasteiger partial charge < -0.3 is 15.5 Å². The molecule has 1 aliphatic rings. The molecule has 30 heavy (non-hydrogen) atoms. The van der Waals surface area contributed by atoms with Crippen molar-refractivity contribution in [2.45, 2.75) is 0 Å². The average Bonchev–Trinajstić information content (AvgIpc) is 3.20. The summed E-state index contributed by atoms with van der Waals surface area (Å²) in [5.41, 5.74) is 10.2. The highest BCUT2D eigenvalue weighted by Crippen LogP contribution is 2.22. The largest absolute Gasteiger partial charge is 0.368 e. The van der Waals surface area contributed by atoms with Gasteiger partial charge in [-0.3, -0.25) is 4.79 Å². The molecule has 7 nitrogen and oxygen atoms in total. The zero-order chi connectivity index (χ0) is 20.5. The van der Waals surface area contributed by atoms with Crippen LogP contribution in [-0.4, -0.2) is 51.6 Å². The van der Waals surface area contributed by atoms with Crippen LogP contribution in [0.2, 0.25) is 0 Å². The number of amides is 1. The fourth-order valence-electron chi connectivity index (χ4n) is 3.91. The van der Waals surface area contributed by atoms with Crippen molar-refractivity contribution in [1.82, 2.24) is 19.5 Å². The van der Waals surface area contributed by atoms with Crippen LogP contribution >= 0.6 is 0 Å². The van der Waals surface area contributed by atoms with E-state index in [1.165, 1.54) is 5.69 Å². The Morgan fingerprint density at radius 2 is 1.57 bits per heavy atom. The lowest BCUT2D eigenvalue weighted by Crippen LogP contribution is -2.48. The van der Waals surface area contributed by atoms with E-state index in [0.717, 1.165) is 24.3 Å². The highest BCUT2D eigenvalue weighted by Gasteiger charge is 2.22. The number of piperazine rings is 1. The second-order valence-electron chi connectivity index (χ2n) is 7.34. The molecular formula is C23H22N6O. The van der Waals surface area contributed by atoms with E-state index in [-0.39, 0.29) is 11.9 Å². The number of benzene rings is 2. The van der Waals surface area contributed by atoms with Gasteiger partial charge in [0.15, 0.2) is 5.65 Å². The van der Waals surface area contributed by atoms with E-state index in [0.29, 0.717) is 24.3 Å². The molecule has 2 N–H and O–H groups in total. The number of anilines is 2. The minimum atomic E-state index is 0.0671. The zero-order valence-electron chi connectivity index (χ0n) is 16.5. The van der Waals surface area contributed by atoms with Crippen LogP contribution in [0, 0.1) is 0 Å². The predicted octanol–water partition coefficient (Wildman–Crippen LogP) is 2.94. The number of nitrogens with two attached hydrogens (primary N) is 1. The molecule has 1 aliphatic heterocycles. The average molecular weight is 398 g/mol. The Kier molecular flexibility index (Phi) is 4.55. The van der Waals surface area contributed by atoms with Gasteiger partial charge in [-0.1, -0.05) is 36.4 Å². The second kappa shape index (κ2) is 7.51. The SMILES string of the molecule is Nc1nc2cccc(-c3ccc(C(=O)N4CCN(c5ccccc5)CC4)cc3)n2n1. The molecule has 1 amide bonds. The molecule has 0 atom stereocenters. The topological polar surface area (TPSA) is 79.8 Å². The molecule has 3 heterocycles. The Hall–Kier alpha value is -3.87. The normalized spacial score (nSPS) is 14.3. The number of hydrogen-bond donors (Lipinski definition) is 1. The number of nitrogens with zero attached hydrogens (tertiary/aromatic N) is 5. The van der Waals surface area contributed by atoms with Gasteiger partial charge in [0.25, 0.3) is 5.91 Å². The summed E-state index contributed by atoms with van der Waals surface area (Å²) < 4.78 is 1.72. The summed E-state index contributed by atoms with van der Waals surface area (Å²) >= 11 is 0. The first-order chi connectivity index (χ1) is 14.7. The van der Waals surface area contributed by atoms with Gasteiger partial charge >= 0.3 is 0 Å². The minimum absolute atomic E-state index is 0.0671. The molecular weight excluding hydrogens is 376 g/mol. The molecule has 4 aromatic rings. The maximum absolute atomic E-state index is 13.0. The number of aromatic nitrogens is 3. The van der Waals surface area contributed by atoms with Gasteiger partial charge in [-0.2, -0.15) is 4.98 Å². The molecule has 7 heteroatoms. The zero-order valence-corrected chi connectivity index (χ0v) is 16.5. The van der Waals surface area contributed by atoms with Gasteiger partial charge in [0, 0.05) is 43.0 Å². The van der Waals surface area contributed by atoms with Crippen molar-refractivity contribution < 1.29 is 4.79 Å². The van der Waals surface area contributed by atoms with E-state index in [1.54, 1.807) is 4.52 Å². The van der Waals surface area contributed by atoms with Crippen molar-refractivity contribution in [3.8, 4) is 11.3 Å². The van der Waals surface area contributed by atoms with E-state index in [2.05, 4.69) is 27.1 Å². The molecule has 150 valence electrons. The maximum atomic E-state index is 13.0. The summed E-state index contributed by atoms with van der Waals surface area (Å²) in [6, 6.07) is 23.7. The predicted molar refractivity (Wildman–Crippen MR) is 117 cm³/mol. The first-order valence-electron chi connectivity index (χ1n) is 10.00. The molecule has 0 aliphatic carbocycles. The Morgan fingerprint density at radius 3 is 2.30 bits per heavy atom. The quantitative estimate of drug-likeness (QED) is 0.574. The van der Waals surface area contributed by atoms with Crippen molar-refractivity contribution >= 4 is 23.2 Å². The van der Waals surface area contributed by atoms with Gasteiger partial charge in [-0.25, -0.2) is 4.52 Å². The molecule has 1 saturated heterocycles. The lowest BCUT2D eigenvalue weighted by molar-refractivity contribution is 0.0747. The number of nitrogen functional groups attached to an aromatic ring is 1. The number of pyridine rings is 1. The van der Waals surface area contributed by atoms with Crippen LogP contribution in [0.4, 0.5) is 11.6 Å². The van der Waals surface area contributed by atoms with E-state index in [4.69, 9.17) is 5.73 Å². The van der Waals surface area contributed by atoms with E-state index in [9.17, 15) is 4.79 Å². The van der Waals surface area contributed by atoms with Crippen molar-refractivity contribution in [3.63, 3.8) is 0 Å². The third kappa shape index (κ3) is 3.34. The van der Waals surface area contributed by atoms with Crippen LogP contribution in [0.5, 0.6) is 0 Å². The summed E-state index contributed by atoms with van der Waals surface area (Å²) in [6.45, 7) is 3.10. The molecule has 2 aromatic heterocycles. The molecule has 0 spiro atoms. The number of carbonyl (C=O) groups excluding carboxylic acids is 1. The van der Waals surface area contributed by atoms with E-state index in [1.807, 2.05) is 65.6 Å². The molecule has 0 bridgehead atoms. The number of carbonyl (C=O) groups is 1. The third-order valence-corrected chi connectivity index (χ3v) is 5.49. The number of fused-ring (bicyclic) bond motifs is 1.